The quantitative estimate of drug-likeness (QED) is 0.917. The lowest BCUT2D eigenvalue weighted by atomic mass is 10.1. The van der Waals surface area contributed by atoms with Crippen LogP contribution in [0.4, 0.5) is 5.82 Å². The van der Waals surface area contributed by atoms with Crippen molar-refractivity contribution in [2.45, 2.75) is 52.6 Å². The second kappa shape index (κ2) is 6.71. The zero-order valence-corrected chi connectivity index (χ0v) is 13.9. The lowest BCUT2D eigenvalue weighted by molar-refractivity contribution is 0.102. The summed E-state index contributed by atoms with van der Waals surface area (Å²) >= 11 is 0. The highest BCUT2D eigenvalue weighted by Gasteiger charge is 2.29. The van der Waals surface area contributed by atoms with Gasteiger partial charge in [-0.3, -0.25) is 4.90 Å². The van der Waals surface area contributed by atoms with Crippen LogP contribution in [0.3, 0.4) is 0 Å². The van der Waals surface area contributed by atoms with Crippen molar-refractivity contribution in [2.24, 2.45) is 0 Å². The number of aromatic nitrogens is 2. The van der Waals surface area contributed by atoms with Crippen LogP contribution in [0.2, 0.25) is 0 Å². The highest BCUT2D eigenvalue weighted by Crippen LogP contribution is 2.22. The Morgan fingerprint density at radius 1 is 1.24 bits per heavy atom. The van der Waals surface area contributed by atoms with Crippen LogP contribution in [0.25, 0.3) is 0 Å². The molecule has 2 rings (SSSR count). The van der Waals surface area contributed by atoms with E-state index in [-0.39, 0.29) is 6.61 Å². The van der Waals surface area contributed by atoms with Crippen molar-refractivity contribution in [2.75, 3.05) is 31.1 Å². The van der Waals surface area contributed by atoms with Crippen molar-refractivity contribution in [3.63, 3.8) is 0 Å². The first-order chi connectivity index (χ1) is 9.92. The van der Waals surface area contributed by atoms with Gasteiger partial charge in [0.1, 0.15) is 11.6 Å². The van der Waals surface area contributed by atoms with Gasteiger partial charge < -0.3 is 10.0 Å². The highest BCUT2D eigenvalue weighted by molar-refractivity contribution is 5.41. The second-order valence-electron chi connectivity index (χ2n) is 6.44. The maximum absolute atomic E-state index is 9.19. The fourth-order valence-corrected chi connectivity index (χ4v) is 3.09. The molecule has 0 aliphatic carbocycles. The third kappa shape index (κ3) is 3.71. The molecule has 5 nitrogen and oxygen atoms in total. The van der Waals surface area contributed by atoms with E-state index < -0.39 is 0 Å². The molecule has 1 saturated heterocycles. The van der Waals surface area contributed by atoms with E-state index in [2.05, 4.69) is 48.5 Å². The maximum atomic E-state index is 9.19. The predicted molar refractivity (Wildman–Crippen MR) is 85.8 cm³/mol. The van der Waals surface area contributed by atoms with Crippen molar-refractivity contribution >= 4 is 5.82 Å². The number of hydrogen-bond acceptors (Lipinski definition) is 5. The van der Waals surface area contributed by atoms with Crippen molar-refractivity contribution in [3.05, 3.63) is 17.6 Å². The minimum Gasteiger partial charge on any atom is -0.395 e. The Labute approximate surface area is 128 Å². The summed E-state index contributed by atoms with van der Waals surface area (Å²) in [4.78, 5) is 14.0. The van der Waals surface area contributed by atoms with Crippen LogP contribution in [0.15, 0.2) is 6.07 Å². The van der Waals surface area contributed by atoms with Gasteiger partial charge in [-0.25, -0.2) is 9.97 Å². The van der Waals surface area contributed by atoms with E-state index in [9.17, 15) is 5.11 Å². The van der Waals surface area contributed by atoms with Crippen molar-refractivity contribution in [1.29, 1.82) is 0 Å². The number of aryl methyl sites for hydroxylation is 1. The zero-order chi connectivity index (χ0) is 15.6. The number of nitrogens with zero attached hydrogens (tertiary/aromatic N) is 4. The molecule has 1 aliphatic heterocycles. The number of rotatable bonds is 4. The normalized spacial score (nSPS) is 23.9. The predicted octanol–water partition coefficient (Wildman–Crippen LogP) is 1.80. The van der Waals surface area contributed by atoms with Gasteiger partial charge >= 0.3 is 0 Å². The molecule has 0 amide bonds. The van der Waals surface area contributed by atoms with Gasteiger partial charge in [0.05, 0.1) is 6.61 Å². The lowest BCUT2D eigenvalue weighted by Gasteiger charge is -2.44. The Bertz CT molecular complexity index is 465. The summed E-state index contributed by atoms with van der Waals surface area (Å²) in [6, 6.07) is 2.91. The number of anilines is 1. The first-order valence-corrected chi connectivity index (χ1v) is 7.89. The molecule has 0 aromatic carbocycles. The summed E-state index contributed by atoms with van der Waals surface area (Å²) in [5.74, 6) is 2.30. The summed E-state index contributed by atoms with van der Waals surface area (Å²) in [5, 5.41) is 9.19. The number of β-amino-alcohol motifs (C(OH)–C–C–N with tert-alkyl or cyclic N) is 1. The molecule has 5 heteroatoms. The van der Waals surface area contributed by atoms with Gasteiger partial charge in [-0.1, -0.05) is 13.8 Å². The van der Waals surface area contributed by atoms with Crippen molar-refractivity contribution in [3.8, 4) is 0 Å². The molecule has 118 valence electrons. The molecule has 0 spiro atoms. The molecule has 0 unspecified atom stereocenters. The minimum atomic E-state index is 0.221. The van der Waals surface area contributed by atoms with Crippen LogP contribution in [0.1, 0.15) is 45.1 Å². The summed E-state index contributed by atoms with van der Waals surface area (Å²) in [6.45, 7) is 13.6. The van der Waals surface area contributed by atoms with Crippen LogP contribution in [0, 0.1) is 6.92 Å². The first kappa shape index (κ1) is 16.2. The van der Waals surface area contributed by atoms with Gasteiger partial charge in [0.2, 0.25) is 0 Å². The third-order valence-electron chi connectivity index (χ3n) is 4.16. The molecule has 0 radical (unpaired) electrons. The van der Waals surface area contributed by atoms with Gasteiger partial charge in [-0.2, -0.15) is 0 Å². The van der Waals surface area contributed by atoms with Crippen molar-refractivity contribution < 1.29 is 5.11 Å². The Morgan fingerprint density at radius 3 is 2.38 bits per heavy atom. The summed E-state index contributed by atoms with van der Waals surface area (Å²) in [6.07, 6.45) is 0. The van der Waals surface area contributed by atoms with Crippen LogP contribution < -0.4 is 4.90 Å². The minimum absolute atomic E-state index is 0.221. The van der Waals surface area contributed by atoms with Gasteiger partial charge in [0, 0.05) is 49.4 Å². The van der Waals surface area contributed by atoms with E-state index >= 15 is 0 Å². The van der Waals surface area contributed by atoms with Crippen molar-refractivity contribution in [1.82, 2.24) is 14.9 Å². The smallest absolute Gasteiger partial charge is 0.133 e. The van der Waals surface area contributed by atoms with E-state index in [4.69, 9.17) is 4.98 Å². The molecule has 1 aromatic heterocycles. The molecule has 21 heavy (non-hydrogen) atoms. The van der Waals surface area contributed by atoms with Crippen LogP contribution >= 0.6 is 0 Å². The number of hydrogen-bond donors (Lipinski definition) is 1. The molecule has 0 bridgehead atoms. The van der Waals surface area contributed by atoms with E-state index in [0.717, 1.165) is 37.0 Å². The molecule has 2 atom stereocenters. The molecular formula is C16H28N4O. The molecule has 1 N–H and O–H groups in total. The fourth-order valence-electron chi connectivity index (χ4n) is 3.09. The first-order valence-electron chi connectivity index (χ1n) is 7.89. The summed E-state index contributed by atoms with van der Waals surface area (Å²) in [7, 11) is 0. The lowest BCUT2D eigenvalue weighted by Crippen LogP contribution is -2.57. The van der Waals surface area contributed by atoms with Gasteiger partial charge in [0.15, 0.2) is 0 Å². The topological polar surface area (TPSA) is 52.5 Å². The van der Waals surface area contributed by atoms with Crippen LogP contribution in [-0.2, 0) is 0 Å². The Kier molecular flexibility index (Phi) is 5.17. The van der Waals surface area contributed by atoms with Gasteiger partial charge in [-0.15, -0.1) is 0 Å². The number of aliphatic hydroxyl groups excluding tert-OH is 1. The molecule has 2 heterocycles. The zero-order valence-electron chi connectivity index (χ0n) is 13.9. The van der Waals surface area contributed by atoms with E-state index in [0.29, 0.717) is 18.0 Å². The molecule has 0 saturated carbocycles. The Hall–Kier alpha value is -1.20. The standard InChI is InChI=1S/C16H28N4O/c1-11(2)16-17-12(3)8-15(18-16)19-9-13(4)20(6-7-21)14(5)10-19/h8,11,13-14,21H,6-7,9-10H2,1-5H3/t13-,14+. The average molecular weight is 292 g/mol. The van der Waals surface area contributed by atoms with Gasteiger partial charge in [0.25, 0.3) is 0 Å². The van der Waals surface area contributed by atoms with Gasteiger partial charge in [-0.05, 0) is 20.8 Å². The Morgan fingerprint density at radius 2 is 1.86 bits per heavy atom. The van der Waals surface area contributed by atoms with E-state index in [1.165, 1.54) is 0 Å². The SMILES string of the molecule is Cc1cc(N2C[C@@H](C)N(CCO)[C@@H](C)C2)nc(C(C)C)n1. The Balaban J connectivity index is 2.20. The average Bonchev–Trinajstić information content (AvgIpc) is 2.42. The molecule has 1 aliphatic rings. The fraction of sp³-hybridized carbons (Fsp3) is 0.750. The third-order valence-corrected chi connectivity index (χ3v) is 4.16. The molecule has 1 fully saturated rings. The summed E-state index contributed by atoms with van der Waals surface area (Å²) < 4.78 is 0. The second-order valence-corrected chi connectivity index (χ2v) is 6.44. The monoisotopic (exact) mass is 292 g/mol. The summed E-state index contributed by atoms with van der Waals surface area (Å²) in [5.41, 5.74) is 1.03. The number of aliphatic hydroxyl groups is 1. The molecule has 1 aromatic rings. The number of piperazine rings is 1. The van der Waals surface area contributed by atoms with Crippen LogP contribution in [0.5, 0.6) is 0 Å². The van der Waals surface area contributed by atoms with E-state index in [1.54, 1.807) is 0 Å². The maximum Gasteiger partial charge on any atom is 0.133 e. The largest absolute Gasteiger partial charge is 0.395 e. The highest BCUT2D eigenvalue weighted by atomic mass is 16.3. The van der Waals surface area contributed by atoms with Crippen LogP contribution in [-0.4, -0.2) is 58.3 Å². The van der Waals surface area contributed by atoms with E-state index in [1.807, 2.05) is 6.92 Å². The molecular weight excluding hydrogens is 264 g/mol.